The third kappa shape index (κ3) is 5.33. The van der Waals surface area contributed by atoms with Crippen molar-refractivity contribution < 1.29 is 0 Å². The van der Waals surface area contributed by atoms with Gasteiger partial charge >= 0.3 is 0 Å². The molecule has 0 heterocycles. The number of rotatable bonds is 7. The first-order valence-corrected chi connectivity index (χ1v) is 7.74. The lowest BCUT2D eigenvalue weighted by Gasteiger charge is -2.19. The van der Waals surface area contributed by atoms with Crippen LogP contribution in [0.25, 0.3) is 0 Å². The van der Waals surface area contributed by atoms with Crippen LogP contribution in [0, 0.1) is 5.92 Å². The average molecular weight is 272 g/mol. The van der Waals surface area contributed by atoms with E-state index in [0.717, 1.165) is 23.2 Å². The molecule has 0 fully saturated rings. The van der Waals surface area contributed by atoms with E-state index < -0.39 is 0 Å². The van der Waals surface area contributed by atoms with Crippen LogP contribution in [-0.2, 0) is 0 Å². The summed E-state index contributed by atoms with van der Waals surface area (Å²) in [7, 11) is 0. The first-order chi connectivity index (χ1) is 8.15. The molecule has 0 radical (unpaired) electrons. The zero-order valence-electron chi connectivity index (χ0n) is 10.9. The van der Waals surface area contributed by atoms with Gasteiger partial charge in [-0.1, -0.05) is 50.6 Å². The minimum atomic E-state index is 0.359. The fourth-order valence-electron chi connectivity index (χ4n) is 1.68. The number of hydrogen-bond donors (Lipinski definition) is 1. The Labute approximate surface area is 114 Å². The van der Waals surface area contributed by atoms with Crippen molar-refractivity contribution in [2.45, 2.75) is 26.8 Å². The Balaban J connectivity index is 2.62. The van der Waals surface area contributed by atoms with Gasteiger partial charge in [-0.2, -0.15) is 11.8 Å². The molecule has 0 spiro atoms. The molecule has 0 bridgehead atoms. The zero-order chi connectivity index (χ0) is 12.7. The molecule has 0 saturated carbocycles. The van der Waals surface area contributed by atoms with Crippen LogP contribution in [0.2, 0.25) is 5.02 Å². The third-order valence-corrected chi connectivity index (χ3v) is 4.28. The lowest BCUT2D eigenvalue weighted by molar-refractivity contribution is 0.605. The fraction of sp³-hybridized carbons (Fsp3) is 0.571. The van der Waals surface area contributed by atoms with Gasteiger partial charge < -0.3 is 5.32 Å². The molecule has 1 rings (SSSR count). The van der Waals surface area contributed by atoms with Gasteiger partial charge in [-0.25, -0.2) is 0 Å². The number of hydrogen-bond acceptors (Lipinski definition) is 2. The molecule has 0 saturated heterocycles. The summed E-state index contributed by atoms with van der Waals surface area (Å²) in [4.78, 5) is 0. The molecule has 1 aromatic carbocycles. The highest BCUT2D eigenvalue weighted by molar-refractivity contribution is 7.99. The second-order valence-electron chi connectivity index (χ2n) is 4.56. The molecule has 1 aromatic rings. The van der Waals surface area contributed by atoms with E-state index in [2.05, 4.69) is 38.2 Å². The van der Waals surface area contributed by atoms with E-state index in [-0.39, 0.29) is 0 Å². The first kappa shape index (κ1) is 14.9. The maximum absolute atomic E-state index is 6.25. The molecule has 17 heavy (non-hydrogen) atoms. The summed E-state index contributed by atoms with van der Waals surface area (Å²) in [5.41, 5.74) is 1.22. The molecule has 1 N–H and O–H groups in total. The lowest BCUT2D eigenvalue weighted by Crippen LogP contribution is -2.23. The molecule has 1 atom stereocenters. The minimum absolute atomic E-state index is 0.359. The van der Waals surface area contributed by atoms with Crippen LogP contribution in [0.3, 0.4) is 0 Å². The minimum Gasteiger partial charge on any atom is -0.309 e. The summed E-state index contributed by atoms with van der Waals surface area (Å²) in [6.45, 7) is 7.62. The fourth-order valence-corrected chi connectivity index (χ4v) is 3.09. The third-order valence-electron chi connectivity index (χ3n) is 2.47. The van der Waals surface area contributed by atoms with Crippen molar-refractivity contribution in [3.05, 3.63) is 34.9 Å². The van der Waals surface area contributed by atoms with Crippen molar-refractivity contribution in [2.75, 3.05) is 18.1 Å². The molecule has 96 valence electrons. The van der Waals surface area contributed by atoms with Crippen LogP contribution in [-0.4, -0.2) is 18.1 Å². The molecular weight excluding hydrogens is 250 g/mol. The monoisotopic (exact) mass is 271 g/mol. The standard InChI is InChI=1S/C14H22ClNS/c1-4-16-14(10-17-9-11(2)3)12-7-5-6-8-13(12)15/h5-8,11,14,16H,4,9-10H2,1-3H3. The number of thioether (sulfide) groups is 1. The summed E-state index contributed by atoms with van der Waals surface area (Å²) < 4.78 is 0. The van der Waals surface area contributed by atoms with Crippen molar-refractivity contribution in [1.82, 2.24) is 5.32 Å². The maximum atomic E-state index is 6.25. The largest absolute Gasteiger partial charge is 0.309 e. The van der Waals surface area contributed by atoms with E-state index in [1.165, 1.54) is 11.3 Å². The molecule has 0 amide bonds. The molecule has 1 nitrogen and oxygen atoms in total. The van der Waals surface area contributed by atoms with Gasteiger partial charge in [0.15, 0.2) is 0 Å². The van der Waals surface area contributed by atoms with Crippen LogP contribution in [0.15, 0.2) is 24.3 Å². The van der Waals surface area contributed by atoms with Crippen molar-refractivity contribution in [3.63, 3.8) is 0 Å². The molecule has 0 aliphatic carbocycles. The number of halogens is 1. The highest BCUT2D eigenvalue weighted by atomic mass is 35.5. The Bertz CT molecular complexity index is 328. The molecule has 3 heteroatoms. The predicted molar refractivity (Wildman–Crippen MR) is 80.0 cm³/mol. The summed E-state index contributed by atoms with van der Waals surface area (Å²) in [5, 5.41) is 4.37. The normalized spacial score (nSPS) is 13.0. The average Bonchev–Trinajstić information content (AvgIpc) is 2.28. The highest BCUT2D eigenvalue weighted by Crippen LogP contribution is 2.26. The number of nitrogens with one attached hydrogen (secondary N) is 1. The highest BCUT2D eigenvalue weighted by Gasteiger charge is 2.13. The van der Waals surface area contributed by atoms with Gasteiger partial charge in [0.2, 0.25) is 0 Å². The maximum Gasteiger partial charge on any atom is 0.0454 e. The van der Waals surface area contributed by atoms with Crippen molar-refractivity contribution in [1.29, 1.82) is 0 Å². The molecule has 0 aromatic heterocycles. The van der Waals surface area contributed by atoms with E-state index in [9.17, 15) is 0 Å². The van der Waals surface area contributed by atoms with Crippen molar-refractivity contribution in [2.24, 2.45) is 5.92 Å². The van der Waals surface area contributed by atoms with Crippen LogP contribution in [0.1, 0.15) is 32.4 Å². The Hall–Kier alpha value is -0.180. The van der Waals surface area contributed by atoms with Crippen LogP contribution < -0.4 is 5.32 Å². The van der Waals surface area contributed by atoms with E-state index >= 15 is 0 Å². The van der Waals surface area contributed by atoms with Crippen LogP contribution >= 0.6 is 23.4 Å². The molecule has 0 aliphatic rings. The number of benzene rings is 1. The molecule has 0 aliphatic heterocycles. The van der Waals surface area contributed by atoms with Crippen molar-refractivity contribution in [3.8, 4) is 0 Å². The molecular formula is C14H22ClNS. The SMILES string of the molecule is CCNC(CSCC(C)C)c1ccccc1Cl. The van der Waals surface area contributed by atoms with E-state index in [1.54, 1.807) is 0 Å². The van der Waals surface area contributed by atoms with Crippen LogP contribution in [0.5, 0.6) is 0 Å². The zero-order valence-corrected chi connectivity index (χ0v) is 12.4. The summed E-state index contributed by atoms with van der Waals surface area (Å²) in [6.07, 6.45) is 0. The van der Waals surface area contributed by atoms with Gasteiger partial charge in [0.05, 0.1) is 0 Å². The Kier molecular flexibility index (Phi) is 7.02. The van der Waals surface area contributed by atoms with E-state index in [0.29, 0.717) is 6.04 Å². The summed E-state index contributed by atoms with van der Waals surface area (Å²) >= 11 is 8.24. The summed E-state index contributed by atoms with van der Waals surface area (Å²) in [6, 6.07) is 8.48. The first-order valence-electron chi connectivity index (χ1n) is 6.20. The van der Waals surface area contributed by atoms with Gasteiger partial charge in [0.25, 0.3) is 0 Å². The Morgan fingerprint density at radius 2 is 1.94 bits per heavy atom. The van der Waals surface area contributed by atoms with Gasteiger partial charge in [0, 0.05) is 16.8 Å². The predicted octanol–water partition coefficient (Wildman–Crippen LogP) is 4.38. The van der Waals surface area contributed by atoms with E-state index in [1.807, 2.05) is 23.9 Å². The smallest absolute Gasteiger partial charge is 0.0454 e. The Morgan fingerprint density at radius 3 is 2.53 bits per heavy atom. The molecule has 1 unspecified atom stereocenters. The second kappa shape index (κ2) is 8.02. The summed E-state index contributed by atoms with van der Waals surface area (Å²) in [5.74, 6) is 3.02. The van der Waals surface area contributed by atoms with Gasteiger partial charge in [-0.15, -0.1) is 0 Å². The second-order valence-corrected chi connectivity index (χ2v) is 6.05. The van der Waals surface area contributed by atoms with Gasteiger partial charge in [0.1, 0.15) is 0 Å². The topological polar surface area (TPSA) is 12.0 Å². The van der Waals surface area contributed by atoms with E-state index in [4.69, 9.17) is 11.6 Å². The quantitative estimate of drug-likeness (QED) is 0.790. The van der Waals surface area contributed by atoms with Crippen LogP contribution in [0.4, 0.5) is 0 Å². The van der Waals surface area contributed by atoms with Gasteiger partial charge in [-0.3, -0.25) is 0 Å². The Morgan fingerprint density at radius 1 is 1.24 bits per heavy atom. The van der Waals surface area contributed by atoms with Crippen molar-refractivity contribution >= 4 is 23.4 Å². The lowest BCUT2D eigenvalue weighted by atomic mass is 10.1. The van der Waals surface area contributed by atoms with Gasteiger partial charge in [-0.05, 0) is 29.8 Å².